The van der Waals surface area contributed by atoms with E-state index in [1.165, 1.54) is 6.08 Å². The Labute approximate surface area is 166 Å². The minimum Gasteiger partial charge on any atom is -0.493 e. The van der Waals surface area contributed by atoms with Gasteiger partial charge in [-0.05, 0) is 47.2 Å². The SMILES string of the molecule is COc1ccc(C=CC(=O)O)cc1OCCOc1c(C)cccc1C(C)(C)C. The molecule has 0 heterocycles. The zero-order valence-corrected chi connectivity index (χ0v) is 17.1. The van der Waals surface area contributed by atoms with Crippen molar-refractivity contribution >= 4 is 12.0 Å². The van der Waals surface area contributed by atoms with Crippen molar-refractivity contribution in [2.24, 2.45) is 0 Å². The van der Waals surface area contributed by atoms with Gasteiger partial charge < -0.3 is 19.3 Å². The van der Waals surface area contributed by atoms with Crippen LogP contribution < -0.4 is 14.2 Å². The molecule has 0 aromatic heterocycles. The third kappa shape index (κ3) is 5.78. The molecule has 0 atom stereocenters. The van der Waals surface area contributed by atoms with E-state index in [0.717, 1.165) is 23.0 Å². The van der Waals surface area contributed by atoms with E-state index < -0.39 is 5.97 Å². The summed E-state index contributed by atoms with van der Waals surface area (Å²) in [5, 5.41) is 8.77. The summed E-state index contributed by atoms with van der Waals surface area (Å²) in [6, 6.07) is 11.4. The molecule has 2 aromatic carbocycles. The highest BCUT2D eigenvalue weighted by atomic mass is 16.5. The van der Waals surface area contributed by atoms with Crippen molar-refractivity contribution in [3.8, 4) is 17.2 Å². The van der Waals surface area contributed by atoms with Crippen LogP contribution in [0.25, 0.3) is 6.08 Å². The summed E-state index contributed by atoms with van der Waals surface area (Å²) < 4.78 is 17.2. The first-order valence-corrected chi connectivity index (χ1v) is 9.17. The van der Waals surface area contributed by atoms with Crippen LogP contribution in [0.2, 0.25) is 0 Å². The maximum Gasteiger partial charge on any atom is 0.328 e. The lowest BCUT2D eigenvalue weighted by Gasteiger charge is -2.24. The lowest BCUT2D eigenvalue weighted by Crippen LogP contribution is -2.16. The van der Waals surface area contributed by atoms with Crippen LogP contribution in [0.1, 0.15) is 37.5 Å². The molecular formula is C23H28O5. The molecule has 0 aliphatic rings. The van der Waals surface area contributed by atoms with Gasteiger partial charge in [-0.1, -0.05) is 45.0 Å². The van der Waals surface area contributed by atoms with Crippen LogP contribution in [0.3, 0.4) is 0 Å². The van der Waals surface area contributed by atoms with E-state index in [2.05, 4.69) is 26.8 Å². The van der Waals surface area contributed by atoms with Gasteiger partial charge in [-0.15, -0.1) is 0 Å². The summed E-state index contributed by atoms with van der Waals surface area (Å²) in [4.78, 5) is 10.7. The Bertz CT molecular complexity index is 847. The zero-order valence-electron chi connectivity index (χ0n) is 17.1. The van der Waals surface area contributed by atoms with Crippen molar-refractivity contribution in [3.63, 3.8) is 0 Å². The van der Waals surface area contributed by atoms with Gasteiger partial charge in [0.2, 0.25) is 0 Å². The minimum atomic E-state index is -1.00. The Morgan fingerprint density at radius 1 is 1.07 bits per heavy atom. The lowest BCUT2D eigenvalue weighted by molar-refractivity contribution is -0.131. The van der Waals surface area contributed by atoms with Crippen molar-refractivity contribution in [2.75, 3.05) is 20.3 Å². The van der Waals surface area contributed by atoms with Gasteiger partial charge in [0.25, 0.3) is 0 Å². The van der Waals surface area contributed by atoms with Crippen LogP contribution in [0, 0.1) is 6.92 Å². The lowest BCUT2D eigenvalue weighted by atomic mass is 9.85. The number of benzene rings is 2. The highest BCUT2D eigenvalue weighted by molar-refractivity contribution is 5.85. The van der Waals surface area contributed by atoms with Crippen LogP contribution >= 0.6 is 0 Å². The third-order valence-corrected chi connectivity index (χ3v) is 4.21. The van der Waals surface area contributed by atoms with E-state index in [1.54, 1.807) is 25.3 Å². The van der Waals surface area contributed by atoms with E-state index >= 15 is 0 Å². The second kappa shape index (κ2) is 9.31. The fourth-order valence-corrected chi connectivity index (χ4v) is 2.81. The summed E-state index contributed by atoms with van der Waals surface area (Å²) in [6.45, 7) is 9.23. The molecule has 0 bridgehead atoms. The Kier molecular flexibility index (Phi) is 7.10. The molecule has 5 heteroatoms. The fourth-order valence-electron chi connectivity index (χ4n) is 2.81. The van der Waals surface area contributed by atoms with Gasteiger partial charge in [0.05, 0.1) is 7.11 Å². The predicted molar refractivity (Wildman–Crippen MR) is 111 cm³/mol. The van der Waals surface area contributed by atoms with Gasteiger partial charge in [0.15, 0.2) is 11.5 Å². The number of aliphatic carboxylic acids is 1. The molecule has 150 valence electrons. The van der Waals surface area contributed by atoms with Gasteiger partial charge in [0.1, 0.15) is 19.0 Å². The Balaban J connectivity index is 2.06. The largest absolute Gasteiger partial charge is 0.493 e. The van der Waals surface area contributed by atoms with Crippen LogP contribution in [0.4, 0.5) is 0 Å². The number of ether oxygens (including phenoxy) is 3. The molecule has 28 heavy (non-hydrogen) atoms. The standard InChI is InChI=1S/C23H28O5/c1-16-7-6-8-18(23(2,3)4)22(16)28-14-13-27-20-15-17(10-12-21(24)25)9-11-19(20)26-5/h6-12,15H,13-14H2,1-5H3,(H,24,25). The summed E-state index contributed by atoms with van der Waals surface area (Å²) in [6.07, 6.45) is 2.59. The van der Waals surface area contributed by atoms with Gasteiger partial charge >= 0.3 is 5.97 Å². The van der Waals surface area contributed by atoms with Gasteiger partial charge in [-0.2, -0.15) is 0 Å². The smallest absolute Gasteiger partial charge is 0.328 e. The fraction of sp³-hybridized carbons (Fsp3) is 0.348. The van der Waals surface area contributed by atoms with E-state index in [1.807, 2.05) is 19.1 Å². The maximum atomic E-state index is 10.7. The van der Waals surface area contributed by atoms with Crippen LogP contribution in [0.15, 0.2) is 42.5 Å². The van der Waals surface area contributed by atoms with Crippen molar-refractivity contribution in [1.29, 1.82) is 0 Å². The molecule has 2 rings (SSSR count). The van der Waals surface area contributed by atoms with Gasteiger partial charge in [0, 0.05) is 6.08 Å². The molecule has 0 unspecified atom stereocenters. The van der Waals surface area contributed by atoms with Crippen molar-refractivity contribution in [2.45, 2.75) is 33.1 Å². The van der Waals surface area contributed by atoms with E-state index in [-0.39, 0.29) is 5.41 Å². The van der Waals surface area contributed by atoms with Gasteiger partial charge in [-0.3, -0.25) is 0 Å². The third-order valence-electron chi connectivity index (χ3n) is 4.21. The Morgan fingerprint density at radius 2 is 1.79 bits per heavy atom. The van der Waals surface area contributed by atoms with E-state index in [4.69, 9.17) is 19.3 Å². The Morgan fingerprint density at radius 3 is 2.43 bits per heavy atom. The normalized spacial score (nSPS) is 11.5. The van der Waals surface area contributed by atoms with E-state index in [0.29, 0.717) is 30.3 Å². The highest BCUT2D eigenvalue weighted by Crippen LogP contribution is 2.34. The Hall–Kier alpha value is -2.95. The molecule has 1 N–H and O–H groups in total. The molecule has 0 aliphatic heterocycles. The predicted octanol–water partition coefficient (Wildman–Crippen LogP) is 4.86. The maximum absolute atomic E-state index is 10.7. The first-order valence-electron chi connectivity index (χ1n) is 9.17. The second-order valence-corrected chi connectivity index (χ2v) is 7.48. The quantitative estimate of drug-likeness (QED) is 0.520. The molecule has 0 saturated heterocycles. The number of carboxylic acid groups (broad SMARTS) is 1. The van der Waals surface area contributed by atoms with Crippen LogP contribution in [0.5, 0.6) is 17.2 Å². The number of para-hydroxylation sites is 1. The van der Waals surface area contributed by atoms with Crippen molar-refractivity contribution in [3.05, 3.63) is 59.2 Å². The molecule has 0 amide bonds. The first kappa shape index (κ1) is 21.4. The van der Waals surface area contributed by atoms with Crippen LogP contribution in [-0.2, 0) is 10.2 Å². The highest BCUT2D eigenvalue weighted by Gasteiger charge is 2.20. The monoisotopic (exact) mass is 384 g/mol. The number of carbonyl (C=O) groups is 1. The molecule has 5 nitrogen and oxygen atoms in total. The number of methoxy groups -OCH3 is 1. The molecule has 0 radical (unpaired) electrons. The second-order valence-electron chi connectivity index (χ2n) is 7.48. The average Bonchev–Trinajstić information content (AvgIpc) is 2.63. The summed E-state index contributed by atoms with van der Waals surface area (Å²) in [5.41, 5.74) is 2.95. The molecule has 2 aromatic rings. The number of hydrogen-bond donors (Lipinski definition) is 1. The van der Waals surface area contributed by atoms with Crippen molar-refractivity contribution < 1.29 is 24.1 Å². The minimum absolute atomic E-state index is 0.0176. The number of aryl methyl sites for hydroxylation is 1. The van der Waals surface area contributed by atoms with E-state index in [9.17, 15) is 4.79 Å². The zero-order chi connectivity index (χ0) is 20.7. The number of rotatable bonds is 8. The van der Waals surface area contributed by atoms with Crippen LogP contribution in [-0.4, -0.2) is 31.4 Å². The van der Waals surface area contributed by atoms with Gasteiger partial charge in [-0.25, -0.2) is 4.79 Å². The van der Waals surface area contributed by atoms with Crippen molar-refractivity contribution in [1.82, 2.24) is 0 Å². The number of hydrogen-bond acceptors (Lipinski definition) is 4. The summed E-state index contributed by atoms with van der Waals surface area (Å²) in [5.74, 6) is 1.02. The first-order chi connectivity index (χ1) is 13.2. The average molecular weight is 384 g/mol. The summed E-state index contributed by atoms with van der Waals surface area (Å²) >= 11 is 0. The summed E-state index contributed by atoms with van der Waals surface area (Å²) in [7, 11) is 1.56. The number of carboxylic acids is 1. The molecule has 0 spiro atoms. The molecule has 0 aliphatic carbocycles. The topological polar surface area (TPSA) is 65.0 Å². The molecule has 0 saturated carbocycles. The molecular weight excluding hydrogens is 356 g/mol. The molecule has 0 fully saturated rings.